The van der Waals surface area contributed by atoms with Crippen molar-refractivity contribution in [2.45, 2.75) is 45.1 Å². The van der Waals surface area contributed by atoms with Crippen molar-refractivity contribution in [1.82, 2.24) is 15.4 Å². The van der Waals surface area contributed by atoms with Gasteiger partial charge in [0.25, 0.3) is 0 Å². The molecule has 0 saturated carbocycles. The minimum absolute atomic E-state index is 0.0708. The van der Waals surface area contributed by atoms with Gasteiger partial charge in [-0.25, -0.2) is 13.1 Å². The molecule has 1 aliphatic heterocycles. The lowest BCUT2D eigenvalue weighted by molar-refractivity contribution is -0.127. The fourth-order valence-electron chi connectivity index (χ4n) is 2.51. The molecule has 3 N–H and O–H groups in total. The third-order valence-corrected chi connectivity index (χ3v) is 4.85. The standard InChI is InChI=1S/C12H25N3O3S/c1-3-6-12(7-5-8-14-12)11(16)13-9-10-19(17,18)15-4-2/h14-15H,3-10H2,1-2H3,(H,13,16). The molecule has 1 unspecified atom stereocenters. The average Bonchev–Trinajstić information content (AvgIpc) is 2.79. The summed E-state index contributed by atoms with van der Waals surface area (Å²) in [6.45, 7) is 5.15. The van der Waals surface area contributed by atoms with Crippen molar-refractivity contribution < 1.29 is 13.2 Å². The molecule has 112 valence electrons. The molecule has 1 fully saturated rings. The Morgan fingerprint density at radius 2 is 2.11 bits per heavy atom. The topological polar surface area (TPSA) is 87.3 Å². The lowest BCUT2D eigenvalue weighted by Gasteiger charge is -2.27. The van der Waals surface area contributed by atoms with Gasteiger partial charge in [0, 0.05) is 13.1 Å². The van der Waals surface area contributed by atoms with Crippen LogP contribution >= 0.6 is 0 Å². The monoisotopic (exact) mass is 291 g/mol. The zero-order valence-electron chi connectivity index (χ0n) is 11.8. The summed E-state index contributed by atoms with van der Waals surface area (Å²) in [6.07, 6.45) is 3.53. The van der Waals surface area contributed by atoms with Crippen molar-refractivity contribution in [3.63, 3.8) is 0 Å². The van der Waals surface area contributed by atoms with E-state index in [0.29, 0.717) is 6.54 Å². The second-order valence-corrected chi connectivity index (χ2v) is 6.86. The Kier molecular flexibility index (Phi) is 6.22. The second-order valence-electron chi connectivity index (χ2n) is 4.94. The Bertz CT molecular complexity index is 389. The van der Waals surface area contributed by atoms with Gasteiger partial charge in [0.05, 0.1) is 11.3 Å². The van der Waals surface area contributed by atoms with Gasteiger partial charge in [-0.1, -0.05) is 20.3 Å². The van der Waals surface area contributed by atoms with E-state index in [1.165, 1.54) is 0 Å². The highest BCUT2D eigenvalue weighted by Gasteiger charge is 2.39. The number of rotatable bonds is 8. The average molecular weight is 291 g/mol. The molecular weight excluding hydrogens is 266 g/mol. The van der Waals surface area contributed by atoms with Crippen LogP contribution in [0.5, 0.6) is 0 Å². The van der Waals surface area contributed by atoms with E-state index < -0.39 is 15.6 Å². The Morgan fingerprint density at radius 1 is 1.37 bits per heavy atom. The van der Waals surface area contributed by atoms with Gasteiger partial charge in [-0.15, -0.1) is 0 Å². The largest absolute Gasteiger partial charge is 0.353 e. The highest BCUT2D eigenvalue weighted by atomic mass is 32.2. The smallest absolute Gasteiger partial charge is 0.240 e. The number of nitrogens with one attached hydrogen (secondary N) is 3. The van der Waals surface area contributed by atoms with Gasteiger partial charge < -0.3 is 10.6 Å². The van der Waals surface area contributed by atoms with Crippen LogP contribution in [0.4, 0.5) is 0 Å². The van der Waals surface area contributed by atoms with Gasteiger partial charge in [-0.2, -0.15) is 0 Å². The third-order valence-electron chi connectivity index (χ3n) is 3.38. The number of hydrogen-bond acceptors (Lipinski definition) is 4. The number of carbonyl (C=O) groups is 1. The fourth-order valence-corrected chi connectivity index (χ4v) is 3.47. The van der Waals surface area contributed by atoms with Crippen LogP contribution in [0.15, 0.2) is 0 Å². The van der Waals surface area contributed by atoms with Crippen LogP contribution in [0.3, 0.4) is 0 Å². The zero-order valence-corrected chi connectivity index (χ0v) is 12.6. The van der Waals surface area contributed by atoms with Gasteiger partial charge in [-0.3, -0.25) is 4.79 Å². The van der Waals surface area contributed by atoms with Crippen LogP contribution < -0.4 is 15.4 Å². The molecule has 0 aliphatic carbocycles. The molecule has 1 amide bonds. The molecular formula is C12H25N3O3S. The Morgan fingerprint density at radius 3 is 2.63 bits per heavy atom. The molecule has 6 nitrogen and oxygen atoms in total. The first kappa shape index (κ1) is 16.4. The summed E-state index contributed by atoms with van der Waals surface area (Å²) < 4.78 is 25.3. The summed E-state index contributed by atoms with van der Waals surface area (Å²) in [5.41, 5.74) is -0.489. The van der Waals surface area contributed by atoms with Crippen molar-refractivity contribution >= 4 is 15.9 Å². The maximum atomic E-state index is 12.2. The van der Waals surface area contributed by atoms with Gasteiger partial charge in [0.15, 0.2) is 0 Å². The van der Waals surface area contributed by atoms with E-state index in [1.54, 1.807) is 6.92 Å². The van der Waals surface area contributed by atoms with Crippen LogP contribution in [0.1, 0.15) is 39.5 Å². The van der Waals surface area contributed by atoms with Crippen molar-refractivity contribution in [1.29, 1.82) is 0 Å². The highest BCUT2D eigenvalue weighted by molar-refractivity contribution is 7.89. The van der Waals surface area contributed by atoms with Crippen molar-refractivity contribution in [2.75, 3.05) is 25.4 Å². The van der Waals surface area contributed by atoms with Gasteiger partial charge in [-0.05, 0) is 25.8 Å². The summed E-state index contributed by atoms with van der Waals surface area (Å²) in [4.78, 5) is 12.2. The summed E-state index contributed by atoms with van der Waals surface area (Å²) in [6, 6.07) is 0. The van der Waals surface area contributed by atoms with Crippen LogP contribution in [0.2, 0.25) is 0 Å². The van der Waals surface area contributed by atoms with Gasteiger partial charge in [0.1, 0.15) is 0 Å². The van der Waals surface area contributed by atoms with Crippen molar-refractivity contribution in [3.8, 4) is 0 Å². The van der Waals surface area contributed by atoms with E-state index in [4.69, 9.17) is 0 Å². The minimum Gasteiger partial charge on any atom is -0.353 e. The van der Waals surface area contributed by atoms with Crippen LogP contribution in [-0.2, 0) is 14.8 Å². The third kappa shape index (κ3) is 4.74. The predicted octanol–water partition coefficient (Wildman–Crippen LogP) is -0.0358. The maximum absolute atomic E-state index is 12.2. The van der Waals surface area contributed by atoms with Crippen LogP contribution in [-0.4, -0.2) is 45.3 Å². The van der Waals surface area contributed by atoms with Crippen molar-refractivity contribution in [2.24, 2.45) is 0 Å². The Balaban J connectivity index is 2.46. The normalized spacial score (nSPS) is 23.5. The lowest BCUT2D eigenvalue weighted by Crippen LogP contribution is -2.54. The molecule has 1 heterocycles. The first-order valence-corrected chi connectivity index (χ1v) is 8.61. The molecule has 1 saturated heterocycles. The molecule has 0 spiro atoms. The molecule has 0 radical (unpaired) electrons. The predicted molar refractivity (Wildman–Crippen MR) is 75.3 cm³/mol. The Hall–Kier alpha value is -0.660. The van der Waals surface area contributed by atoms with Crippen LogP contribution in [0.25, 0.3) is 0 Å². The molecule has 1 atom stereocenters. The number of sulfonamides is 1. The quantitative estimate of drug-likeness (QED) is 0.586. The fraction of sp³-hybridized carbons (Fsp3) is 0.917. The molecule has 1 rings (SSSR count). The first-order valence-electron chi connectivity index (χ1n) is 6.96. The highest BCUT2D eigenvalue weighted by Crippen LogP contribution is 2.24. The summed E-state index contributed by atoms with van der Waals surface area (Å²) in [5, 5.41) is 6.01. The lowest BCUT2D eigenvalue weighted by atomic mass is 9.91. The molecule has 1 aliphatic rings. The SMILES string of the molecule is CCCC1(C(=O)NCCS(=O)(=O)NCC)CCCN1. The first-order chi connectivity index (χ1) is 8.96. The van der Waals surface area contributed by atoms with E-state index in [0.717, 1.165) is 32.2 Å². The van der Waals surface area contributed by atoms with E-state index >= 15 is 0 Å². The summed E-state index contributed by atoms with van der Waals surface area (Å²) >= 11 is 0. The number of amides is 1. The minimum atomic E-state index is -3.27. The maximum Gasteiger partial charge on any atom is 0.240 e. The molecule has 0 aromatic carbocycles. The van der Waals surface area contributed by atoms with E-state index in [2.05, 4.69) is 15.4 Å². The van der Waals surface area contributed by atoms with E-state index in [1.807, 2.05) is 6.92 Å². The molecule has 7 heteroatoms. The summed E-state index contributed by atoms with van der Waals surface area (Å²) in [7, 11) is -3.27. The summed E-state index contributed by atoms with van der Waals surface area (Å²) in [5.74, 6) is -0.145. The second kappa shape index (κ2) is 7.21. The Labute approximate surface area is 115 Å². The molecule has 19 heavy (non-hydrogen) atoms. The zero-order chi connectivity index (χ0) is 14.4. The van der Waals surface area contributed by atoms with E-state index in [-0.39, 0.29) is 18.2 Å². The van der Waals surface area contributed by atoms with Gasteiger partial charge in [0.2, 0.25) is 15.9 Å². The molecule has 0 aromatic heterocycles. The molecule has 0 bridgehead atoms. The van der Waals surface area contributed by atoms with Crippen molar-refractivity contribution in [3.05, 3.63) is 0 Å². The van der Waals surface area contributed by atoms with Gasteiger partial charge >= 0.3 is 0 Å². The van der Waals surface area contributed by atoms with E-state index in [9.17, 15) is 13.2 Å². The van der Waals surface area contributed by atoms with Crippen LogP contribution in [0, 0.1) is 0 Å². The molecule has 0 aromatic rings. The number of hydrogen-bond donors (Lipinski definition) is 3. The number of carbonyl (C=O) groups excluding carboxylic acids is 1.